The van der Waals surface area contributed by atoms with Crippen molar-refractivity contribution in [1.29, 1.82) is 0 Å². The number of aliphatic imine (C=N–C) groups is 1. The number of hydrogen-bond acceptors (Lipinski definition) is 3. The van der Waals surface area contributed by atoms with E-state index in [1.54, 1.807) is 0 Å². The molecule has 0 aromatic heterocycles. The number of hydrogen-bond donors (Lipinski definition) is 2. The third-order valence-electron chi connectivity index (χ3n) is 12.4. The lowest BCUT2D eigenvalue weighted by Gasteiger charge is -2.35. The highest BCUT2D eigenvalue weighted by atomic mass is 15.3. The lowest BCUT2D eigenvalue weighted by Crippen LogP contribution is -2.45. The van der Waals surface area contributed by atoms with Gasteiger partial charge in [-0.2, -0.15) is 0 Å². The van der Waals surface area contributed by atoms with Gasteiger partial charge in [0.15, 0.2) is 0 Å². The molecule has 9 aromatic carbocycles. The van der Waals surface area contributed by atoms with Gasteiger partial charge in [-0.15, -0.1) is 0 Å². The third kappa shape index (κ3) is 6.48. The second-order valence-corrected chi connectivity index (χ2v) is 15.9. The third-order valence-corrected chi connectivity index (χ3v) is 12.4. The number of rotatable bonds is 8. The molecule has 2 atom stereocenters. The van der Waals surface area contributed by atoms with E-state index in [9.17, 15) is 0 Å². The van der Waals surface area contributed by atoms with Crippen molar-refractivity contribution in [2.45, 2.75) is 17.7 Å². The second-order valence-electron chi connectivity index (χ2n) is 15.9. The predicted octanol–water partition coefficient (Wildman–Crippen LogP) is 13.4. The highest BCUT2D eigenvalue weighted by Crippen LogP contribution is 2.58. The van der Waals surface area contributed by atoms with Crippen molar-refractivity contribution in [3.63, 3.8) is 0 Å². The summed E-state index contributed by atoms with van der Waals surface area (Å²) >= 11 is 0. The van der Waals surface area contributed by atoms with Crippen molar-refractivity contribution in [1.82, 2.24) is 10.6 Å². The van der Waals surface area contributed by atoms with Gasteiger partial charge in [-0.05, 0) is 96.1 Å². The molecular weight excluding hydrogens is 739 g/mol. The Morgan fingerprint density at radius 3 is 1.46 bits per heavy atom. The average molecular weight is 782 g/mol. The quantitative estimate of drug-likeness (QED) is 0.161. The summed E-state index contributed by atoms with van der Waals surface area (Å²) in [5.41, 5.74) is 17.5. The molecule has 9 aromatic rings. The standard InChI is InChI=1S/C58H43N3/c1-6-19-40(20-7-1)45-37-46(41-21-8-2-9-22-41)39-47(38-45)57-60-55(43-23-10-3-11-24-43)59-56(61-57)44-35-33-42(34-36-44)50-30-18-31-52-51-29-16-17-32-53(51)58(54(50)52,48-25-12-4-13-26-48)49-27-14-5-15-28-49/h1-39,55-56,59H,(H,60,61). The van der Waals surface area contributed by atoms with Crippen molar-refractivity contribution in [3.8, 4) is 44.5 Å². The molecule has 2 N–H and O–H groups in total. The Morgan fingerprint density at radius 1 is 0.361 bits per heavy atom. The molecule has 0 bridgehead atoms. The Morgan fingerprint density at radius 2 is 0.852 bits per heavy atom. The highest BCUT2D eigenvalue weighted by Gasteiger charge is 2.47. The first-order valence-electron chi connectivity index (χ1n) is 21.1. The maximum absolute atomic E-state index is 5.45. The van der Waals surface area contributed by atoms with Crippen molar-refractivity contribution in [3.05, 3.63) is 276 Å². The molecule has 0 radical (unpaired) electrons. The van der Waals surface area contributed by atoms with E-state index in [-0.39, 0.29) is 12.3 Å². The molecule has 11 rings (SSSR count). The molecule has 0 amide bonds. The SMILES string of the molecule is c1ccc(-c2cc(C3=NC(c4ccc(-c5cccc6c5C(c5ccccc5)(c5ccccc5)c5ccccc5-6)cc4)NC(c4ccccc4)N3)cc(-c3ccccc3)c2)cc1. The van der Waals surface area contributed by atoms with Crippen molar-refractivity contribution in [2.75, 3.05) is 0 Å². The predicted molar refractivity (Wildman–Crippen MR) is 251 cm³/mol. The average Bonchev–Trinajstić information content (AvgIpc) is 3.66. The summed E-state index contributed by atoms with van der Waals surface area (Å²) in [6.07, 6.45) is -0.457. The number of fused-ring (bicyclic) bond motifs is 3. The molecule has 290 valence electrons. The van der Waals surface area contributed by atoms with Gasteiger partial charge in [-0.3, -0.25) is 5.32 Å². The van der Waals surface area contributed by atoms with Gasteiger partial charge in [0.05, 0.1) is 5.41 Å². The van der Waals surface area contributed by atoms with Crippen LogP contribution in [-0.4, -0.2) is 5.84 Å². The number of amidine groups is 1. The van der Waals surface area contributed by atoms with Crippen molar-refractivity contribution < 1.29 is 0 Å². The number of nitrogens with one attached hydrogen (secondary N) is 2. The fourth-order valence-electron chi connectivity index (χ4n) is 9.64. The summed E-state index contributed by atoms with van der Waals surface area (Å²) in [4.78, 5) is 5.45. The minimum absolute atomic E-state index is 0.160. The van der Waals surface area contributed by atoms with Crippen LogP contribution in [0.5, 0.6) is 0 Å². The molecule has 3 nitrogen and oxygen atoms in total. The van der Waals surface area contributed by atoms with Crippen LogP contribution in [0.3, 0.4) is 0 Å². The van der Waals surface area contributed by atoms with E-state index in [4.69, 9.17) is 4.99 Å². The normalized spacial score (nSPS) is 16.2. The minimum atomic E-state index is -0.491. The van der Waals surface area contributed by atoms with Crippen molar-refractivity contribution in [2.24, 2.45) is 4.99 Å². The smallest absolute Gasteiger partial charge is 0.131 e. The van der Waals surface area contributed by atoms with E-state index in [0.717, 1.165) is 33.7 Å². The summed E-state index contributed by atoms with van der Waals surface area (Å²) in [6.45, 7) is 0. The molecule has 1 heterocycles. The molecule has 61 heavy (non-hydrogen) atoms. The van der Waals surface area contributed by atoms with E-state index < -0.39 is 5.41 Å². The zero-order valence-electron chi connectivity index (χ0n) is 33.6. The molecule has 3 heteroatoms. The summed E-state index contributed by atoms with van der Waals surface area (Å²) in [7, 11) is 0. The molecule has 0 saturated heterocycles. The maximum Gasteiger partial charge on any atom is 0.131 e. The molecule has 2 unspecified atom stereocenters. The van der Waals surface area contributed by atoms with Crippen LogP contribution in [0.4, 0.5) is 0 Å². The Balaban J connectivity index is 1.04. The first-order valence-corrected chi connectivity index (χ1v) is 21.1. The Hall–Kier alpha value is -7.59. The van der Waals surface area contributed by atoms with E-state index >= 15 is 0 Å². The summed E-state index contributed by atoms with van der Waals surface area (Å²) in [6, 6.07) is 85.6. The van der Waals surface area contributed by atoms with E-state index in [0.29, 0.717) is 0 Å². The highest BCUT2D eigenvalue weighted by molar-refractivity contribution is 6.02. The fraction of sp³-hybridized carbons (Fsp3) is 0.0517. The maximum atomic E-state index is 5.45. The molecule has 2 aliphatic rings. The van der Waals surface area contributed by atoms with Gasteiger partial charge in [0.25, 0.3) is 0 Å². The zero-order chi connectivity index (χ0) is 40.6. The Labute approximate surface area is 357 Å². The first kappa shape index (κ1) is 36.5. The van der Waals surface area contributed by atoms with Crippen LogP contribution in [0, 0.1) is 0 Å². The Kier molecular flexibility index (Phi) is 9.30. The van der Waals surface area contributed by atoms with Crippen LogP contribution >= 0.6 is 0 Å². The lowest BCUT2D eigenvalue weighted by atomic mass is 9.66. The second kappa shape index (κ2) is 15.5. The van der Waals surface area contributed by atoms with Gasteiger partial charge in [-0.25, -0.2) is 4.99 Å². The minimum Gasteiger partial charge on any atom is -0.350 e. The van der Waals surface area contributed by atoms with Crippen LogP contribution < -0.4 is 10.6 Å². The molecule has 0 fully saturated rings. The van der Waals surface area contributed by atoms with Gasteiger partial charge in [0, 0.05) is 5.56 Å². The van der Waals surface area contributed by atoms with Crippen LogP contribution in [0.25, 0.3) is 44.5 Å². The Bertz CT molecular complexity index is 2900. The zero-order valence-corrected chi connectivity index (χ0v) is 33.6. The van der Waals surface area contributed by atoms with E-state index in [1.165, 1.54) is 55.6 Å². The first-order chi connectivity index (χ1) is 30.2. The molecule has 1 aliphatic carbocycles. The van der Waals surface area contributed by atoms with E-state index in [2.05, 4.69) is 247 Å². The molecule has 1 aliphatic heterocycles. The van der Waals surface area contributed by atoms with Gasteiger partial charge in [0.2, 0.25) is 0 Å². The molecule has 0 spiro atoms. The molecule has 0 saturated carbocycles. The van der Waals surface area contributed by atoms with Gasteiger partial charge < -0.3 is 5.32 Å². The van der Waals surface area contributed by atoms with Crippen LogP contribution in [-0.2, 0) is 5.41 Å². The fourth-order valence-corrected chi connectivity index (χ4v) is 9.64. The van der Waals surface area contributed by atoms with Gasteiger partial charge in [0.1, 0.15) is 18.2 Å². The monoisotopic (exact) mass is 781 g/mol. The van der Waals surface area contributed by atoms with Crippen molar-refractivity contribution >= 4 is 5.84 Å². The van der Waals surface area contributed by atoms with Gasteiger partial charge >= 0.3 is 0 Å². The van der Waals surface area contributed by atoms with E-state index in [1.807, 2.05) is 0 Å². The summed E-state index contributed by atoms with van der Waals surface area (Å²) in [5.74, 6) is 0.853. The topological polar surface area (TPSA) is 36.4 Å². The lowest BCUT2D eigenvalue weighted by molar-refractivity contribution is 0.409. The summed E-state index contributed by atoms with van der Waals surface area (Å²) in [5, 5.41) is 7.64. The number of nitrogens with zero attached hydrogens (tertiary/aromatic N) is 1. The van der Waals surface area contributed by atoms with Crippen LogP contribution in [0.2, 0.25) is 0 Å². The van der Waals surface area contributed by atoms with Crippen LogP contribution in [0.1, 0.15) is 51.3 Å². The summed E-state index contributed by atoms with van der Waals surface area (Å²) < 4.78 is 0. The largest absolute Gasteiger partial charge is 0.350 e. The van der Waals surface area contributed by atoms with Gasteiger partial charge in [-0.1, -0.05) is 218 Å². The van der Waals surface area contributed by atoms with Crippen LogP contribution in [0.15, 0.2) is 242 Å². The number of benzene rings is 9. The molecular formula is C58H43N3.